The van der Waals surface area contributed by atoms with Crippen LogP contribution in [-0.2, 0) is 17.8 Å². The van der Waals surface area contributed by atoms with E-state index in [9.17, 15) is 4.79 Å². The van der Waals surface area contributed by atoms with E-state index in [4.69, 9.17) is 4.42 Å². The molecule has 112 valence electrons. The number of aromatic nitrogens is 1. The first-order valence-electron chi connectivity index (χ1n) is 7.03. The van der Waals surface area contributed by atoms with Crippen molar-refractivity contribution in [1.29, 1.82) is 0 Å². The Hall–Kier alpha value is -2.14. The van der Waals surface area contributed by atoms with E-state index >= 15 is 0 Å². The Morgan fingerprint density at radius 1 is 1.29 bits per heavy atom. The lowest BCUT2D eigenvalue weighted by atomic mass is 10.2. The summed E-state index contributed by atoms with van der Waals surface area (Å²) >= 11 is 0. The first kappa shape index (κ1) is 15.3. The van der Waals surface area contributed by atoms with Crippen molar-refractivity contribution in [2.45, 2.75) is 19.9 Å². The normalized spacial score (nSPS) is 10.8. The first-order valence-corrected chi connectivity index (χ1v) is 7.03. The average Bonchev–Trinajstić information content (AvgIpc) is 2.85. The van der Waals surface area contributed by atoms with Gasteiger partial charge < -0.3 is 9.73 Å². The van der Waals surface area contributed by atoms with Crippen LogP contribution in [-0.4, -0.2) is 35.9 Å². The zero-order chi connectivity index (χ0) is 15.1. The van der Waals surface area contributed by atoms with Crippen LogP contribution in [0.5, 0.6) is 0 Å². The minimum absolute atomic E-state index is 0.0230. The predicted octanol–water partition coefficient (Wildman–Crippen LogP) is 1.77. The van der Waals surface area contributed by atoms with Crippen LogP contribution in [0.4, 0.5) is 0 Å². The molecule has 0 aliphatic carbocycles. The summed E-state index contributed by atoms with van der Waals surface area (Å²) in [5.41, 5.74) is 1.14. The molecule has 2 aromatic heterocycles. The maximum absolute atomic E-state index is 11.8. The van der Waals surface area contributed by atoms with E-state index in [1.54, 1.807) is 12.4 Å². The zero-order valence-electron chi connectivity index (χ0n) is 12.5. The Bertz CT molecular complexity index is 566. The Kier molecular flexibility index (Phi) is 5.51. The molecular weight excluding hydrogens is 266 g/mol. The molecule has 0 radical (unpaired) electrons. The van der Waals surface area contributed by atoms with Gasteiger partial charge in [-0.1, -0.05) is 0 Å². The predicted molar refractivity (Wildman–Crippen MR) is 80.7 cm³/mol. The molecule has 0 bridgehead atoms. The number of furan rings is 1. The highest BCUT2D eigenvalue weighted by Gasteiger charge is 2.07. The smallest absolute Gasteiger partial charge is 0.234 e. The van der Waals surface area contributed by atoms with Crippen molar-refractivity contribution in [3.63, 3.8) is 0 Å². The summed E-state index contributed by atoms with van der Waals surface area (Å²) in [6.45, 7) is 3.61. The third-order valence-corrected chi connectivity index (χ3v) is 3.10. The van der Waals surface area contributed by atoms with Gasteiger partial charge in [-0.3, -0.25) is 14.7 Å². The minimum Gasteiger partial charge on any atom is -0.466 e. The van der Waals surface area contributed by atoms with Gasteiger partial charge in [0, 0.05) is 31.9 Å². The second-order valence-electron chi connectivity index (χ2n) is 5.14. The van der Waals surface area contributed by atoms with Crippen LogP contribution in [0.2, 0.25) is 0 Å². The summed E-state index contributed by atoms with van der Waals surface area (Å²) < 4.78 is 5.46. The Labute approximate surface area is 125 Å². The molecule has 0 saturated carbocycles. The van der Waals surface area contributed by atoms with Crippen LogP contribution in [0, 0.1) is 6.92 Å². The highest BCUT2D eigenvalue weighted by molar-refractivity contribution is 5.77. The number of likely N-dealkylation sites (N-methyl/N-ethyl adjacent to an activating group) is 1. The summed E-state index contributed by atoms with van der Waals surface area (Å²) in [4.78, 5) is 17.8. The summed E-state index contributed by atoms with van der Waals surface area (Å²) in [6, 6.07) is 7.78. The first-order chi connectivity index (χ1) is 10.1. The molecule has 0 atom stereocenters. The molecule has 1 amide bonds. The van der Waals surface area contributed by atoms with Crippen LogP contribution in [0.15, 0.2) is 41.1 Å². The van der Waals surface area contributed by atoms with E-state index < -0.39 is 0 Å². The lowest BCUT2D eigenvalue weighted by Crippen LogP contribution is -2.35. The standard InChI is InChI=1S/C16H21N3O2/c1-13-3-4-15(21-13)7-10-18-16(20)12-19(2)11-14-5-8-17-9-6-14/h3-6,8-9H,7,10-12H2,1-2H3,(H,18,20). The number of carbonyl (C=O) groups is 1. The molecule has 0 fully saturated rings. The topological polar surface area (TPSA) is 58.4 Å². The van der Waals surface area contributed by atoms with Gasteiger partial charge in [-0.25, -0.2) is 0 Å². The monoisotopic (exact) mass is 287 g/mol. The molecule has 2 heterocycles. The zero-order valence-corrected chi connectivity index (χ0v) is 12.5. The third kappa shape index (κ3) is 5.39. The second kappa shape index (κ2) is 7.59. The molecule has 2 aromatic rings. The molecule has 0 spiro atoms. The van der Waals surface area contributed by atoms with Crippen LogP contribution < -0.4 is 5.32 Å². The maximum atomic E-state index is 11.8. The highest BCUT2D eigenvalue weighted by atomic mass is 16.3. The number of nitrogens with zero attached hydrogens (tertiary/aromatic N) is 2. The van der Waals surface area contributed by atoms with Gasteiger partial charge in [0.25, 0.3) is 0 Å². The van der Waals surface area contributed by atoms with Gasteiger partial charge >= 0.3 is 0 Å². The summed E-state index contributed by atoms with van der Waals surface area (Å²) in [6.07, 6.45) is 4.23. The molecule has 0 unspecified atom stereocenters. The Morgan fingerprint density at radius 2 is 2.05 bits per heavy atom. The molecule has 5 heteroatoms. The van der Waals surface area contributed by atoms with E-state index in [1.807, 2.05) is 43.1 Å². The van der Waals surface area contributed by atoms with Gasteiger partial charge in [0.05, 0.1) is 6.54 Å². The van der Waals surface area contributed by atoms with Gasteiger partial charge in [0.1, 0.15) is 11.5 Å². The van der Waals surface area contributed by atoms with Crippen molar-refractivity contribution in [3.05, 3.63) is 53.7 Å². The van der Waals surface area contributed by atoms with E-state index in [-0.39, 0.29) is 5.91 Å². The molecule has 21 heavy (non-hydrogen) atoms. The van der Waals surface area contributed by atoms with Crippen LogP contribution in [0.25, 0.3) is 0 Å². The Morgan fingerprint density at radius 3 is 2.71 bits per heavy atom. The molecular formula is C16H21N3O2. The summed E-state index contributed by atoms with van der Waals surface area (Å²) in [5, 5.41) is 2.90. The van der Waals surface area contributed by atoms with Crippen molar-refractivity contribution in [3.8, 4) is 0 Å². The lowest BCUT2D eigenvalue weighted by Gasteiger charge is -2.16. The third-order valence-electron chi connectivity index (χ3n) is 3.10. The number of rotatable bonds is 7. The van der Waals surface area contributed by atoms with Crippen molar-refractivity contribution >= 4 is 5.91 Å². The fourth-order valence-electron chi connectivity index (χ4n) is 2.10. The summed E-state index contributed by atoms with van der Waals surface area (Å²) in [7, 11) is 1.93. The molecule has 0 aromatic carbocycles. The molecule has 0 aliphatic rings. The van der Waals surface area contributed by atoms with Crippen LogP contribution in [0.3, 0.4) is 0 Å². The molecule has 5 nitrogen and oxygen atoms in total. The Balaban J connectivity index is 1.67. The van der Waals surface area contributed by atoms with Crippen molar-refractivity contribution in [2.24, 2.45) is 0 Å². The van der Waals surface area contributed by atoms with Gasteiger partial charge in [-0.15, -0.1) is 0 Å². The number of aryl methyl sites for hydroxylation is 1. The highest BCUT2D eigenvalue weighted by Crippen LogP contribution is 2.06. The number of nitrogens with one attached hydrogen (secondary N) is 1. The minimum atomic E-state index is 0.0230. The van der Waals surface area contributed by atoms with Gasteiger partial charge in [-0.05, 0) is 43.8 Å². The molecule has 1 N–H and O–H groups in total. The maximum Gasteiger partial charge on any atom is 0.234 e. The number of carbonyl (C=O) groups excluding carboxylic acids is 1. The number of amides is 1. The average molecular weight is 287 g/mol. The van der Waals surface area contributed by atoms with E-state index in [1.165, 1.54) is 0 Å². The van der Waals surface area contributed by atoms with Crippen molar-refractivity contribution in [2.75, 3.05) is 20.1 Å². The van der Waals surface area contributed by atoms with Crippen LogP contribution >= 0.6 is 0 Å². The van der Waals surface area contributed by atoms with E-state index in [0.29, 0.717) is 19.5 Å². The van der Waals surface area contributed by atoms with Gasteiger partial charge in [0.2, 0.25) is 5.91 Å². The van der Waals surface area contributed by atoms with Gasteiger partial charge in [0.15, 0.2) is 0 Å². The second-order valence-corrected chi connectivity index (χ2v) is 5.14. The number of pyridine rings is 1. The largest absolute Gasteiger partial charge is 0.466 e. The van der Waals surface area contributed by atoms with Crippen molar-refractivity contribution < 1.29 is 9.21 Å². The molecule has 0 aliphatic heterocycles. The molecule has 2 rings (SSSR count). The fourth-order valence-corrected chi connectivity index (χ4v) is 2.10. The SMILES string of the molecule is Cc1ccc(CCNC(=O)CN(C)Cc2ccncc2)o1. The summed E-state index contributed by atoms with van der Waals surface area (Å²) in [5.74, 6) is 1.82. The van der Waals surface area contributed by atoms with Crippen molar-refractivity contribution in [1.82, 2.24) is 15.2 Å². The number of hydrogen-bond donors (Lipinski definition) is 1. The lowest BCUT2D eigenvalue weighted by molar-refractivity contribution is -0.122. The van der Waals surface area contributed by atoms with Crippen LogP contribution in [0.1, 0.15) is 17.1 Å². The van der Waals surface area contributed by atoms with E-state index in [2.05, 4.69) is 10.3 Å². The van der Waals surface area contributed by atoms with E-state index in [0.717, 1.165) is 23.6 Å². The molecule has 0 saturated heterocycles. The fraction of sp³-hybridized carbons (Fsp3) is 0.375. The quantitative estimate of drug-likeness (QED) is 0.843. The number of hydrogen-bond acceptors (Lipinski definition) is 4. The van der Waals surface area contributed by atoms with Gasteiger partial charge in [-0.2, -0.15) is 0 Å².